The topological polar surface area (TPSA) is 46.9 Å². The molecule has 0 saturated carbocycles. The molecule has 20 heavy (non-hydrogen) atoms. The van der Waals surface area contributed by atoms with Crippen LogP contribution in [0.4, 0.5) is 5.69 Å². The SMILES string of the molecule is CC(C)n1ccc(CC(=O)C2CNc3ccccc32)n1. The number of benzene rings is 1. The smallest absolute Gasteiger partial charge is 0.148 e. The van der Waals surface area contributed by atoms with Gasteiger partial charge in [-0.3, -0.25) is 9.48 Å². The number of hydrogen-bond donors (Lipinski definition) is 1. The number of para-hydroxylation sites is 1. The van der Waals surface area contributed by atoms with E-state index in [1.54, 1.807) is 0 Å². The first kappa shape index (κ1) is 12.9. The zero-order chi connectivity index (χ0) is 14.1. The van der Waals surface area contributed by atoms with E-state index in [0.717, 1.165) is 16.9 Å². The molecule has 0 saturated heterocycles. The lowest BCUT2D eigenvalue weighted by Gasteiger charge is -2.08. The number of Topliss-reactive ketones (excluding diaryl/α,β-unsaturated/α-hetero) is 1. The van der Waals surface area contributed by atoms with Gasteiger partial charge in [-0.05, 0) is 31.5 Å². The number of fused-ring (bicyclic) bond motifs is 1. The molecule has 0 aliphatic carbocycles. The lowest BCUT2D eigenvalue weighted by atomic mass is 9.94. The fourth-order valence-corrected chi connectivity index (χ4v) is 2.63. The predicted molar refractivity (Wildman–Crippen MR) is 79.0 cm³/mol. The number of rotatable bonds is 4. The fraction of sp³-hybridized carbons (Fsp3) is 0.375. The normalized spacial score (nSPS) is 17.1. The Hall–Kier alpha value is -2.10. The third-order valence-electron chi connectivity index (χ3n) is 3.77. The lowest BCUT2D eigenvalue weighted by molar-refractivity contribution is -0.119. The Balaban J connectivity index is 1.74. The third-order valence-corrected chi connectivity index (χ3v) is 3.77. The van der Waals surface area contributed by atoms with Crippen LogP contribution in [0.5, 0.6) is 0 Å². The van der Waals surface area contributed by atoms with Crippen molar-refractivity contribution >= 4 is 11.5 Å². The summed E-state index contributed by atoms with van der Waals surface area (Å²) < 4.78 is 1.89. The van der Waals surface area contributed by atoms with Crippen LogP contribution in [0.2, 0.25) is 0 Å². The Kier molecular flexibility index (Phi) is 3.30. The number of ketones is 1. The molecular formula is C16H19N3O. The highest BCUT2D eigenvalue weighted by Gasteiger charge is 2.28. The molecule has 4 heteroatoms. The van der Waals surface area contributed by atoms with Gasteiger partial charge in [0.15, 0.2) is 0 Å². The summed E-state index contributed by atoms with van der Waals surface area (Å²) in [6.07, 6.45) is 2.34. The summed E-state index contributed by atoms with van der Waals surface area (Å²) in [5.41, 5.74) is 3.05. The number of aromatic nitrogens is 2. The van der Waals surface area contributed by atoms with Gasteiger partial charge < -0.3 is 5.32 Å². The summed E-state index contributed by atoms with van der Waals surface area (Å²) >= 11 is 0. The summed E-state index contributed by atoms with van der Waals surface area (Å²) in [6.45, 7) is 4.86. The molecule has 0 bridgehead atoms. The van der Waals surface area contributed by atoms with Crippen LogP contribution in [0, 0.1) is 0 Å². The van der Waals surface area contributed by atoms with Gasteiger partial charge in [0.25, 0.3) is 0 Å². The number of nitrogens with one attached hydrogen (secondary N) is 1. The second kappa shape index (κ2) is 5.12. The summed E-state index contributed by atoms with van der Waals surface area (Å²) in [5.74, 6) is 0.187. The second-order valence-electron chi connectivity index (χ2n) is 5.54. The van der Waals surface area contributed by atoms with Gasteiger partial charge in [0.05, 0.1) is 18.0 Å². The predicted octanol–water partition coefficient (Wildman–Crippen LogP) is 2.78. The number of carbonyl (C=O) groups excluding carboxylic acids is 1. The molecule has 1 aromatic heterocycles. The van der Waals surface area contributed by atoms with Crippen LogP contribution < -0.4 is 5.32 Å². The first-order valence-corrected chi connectivity index (χ1v) is 7.04. The average Bonchev–Trinajstić information content (AvgIpc) is 3.04. The number of hydrogen-bond acceptors (Lipinski definition) is 3. The first-order chi connectivity index (χ1) is 9.65. The molecule has 1 aliphatic rings. The van der Waals surface area contributed by atoms with Crippen molar-refractivity contribution in [2.24, 2.45) is 0 Å². The molecule has 104 valence electrons. The van der Waals surface area contributed by atoms with Crippen molar-refractivity contribution in [1.29, 1.82) is 0 Å². The van der Waals surface area contributed by atoms with E-state index in [2.05, 4.69) is 24.3 Å². The minimum atomic E-state index is -0.0459. The molecule has 1 N–H and O–H groups in total. The molecule has 1 atom stereocenters. The molecule has 1 unspecified atom stereocenters. The Morgan fingerprint density at radius 1 is 1.40 bits per heavy atom. The summed E-state index contributed by atoms with van der Waals surface area (Å²) in [4.78, 5) is 12.5. The fourth-order valence-electron chi connectivity index (χ4n) is 2.63. The van der Waals surface area contributed by atoms with Gasteiger partial charge >= 0.3 is 0 Å². The van der Waals surface area contributed by atoms with Crippen molar-refractivity contribution in [3.05, 3.63) is 47.8 Å². The molecule has 0 amide bonds. The Morgan fingerprint density at radius 3 is 2.95 bits per heavy atom. The summed E-state index contributed by atoms with van der Waals surface area (Å²) in [5, 5.41) is 7.75. The minimum Gasteiger partial charge on any atom is -0.384 e. The van der Waals surface area contributed by atoms with Crippen molar-refractivity contribution in [3.8, 4) is 0 Å². The van der Waals surface area contributed by atoms with Crippen LogP contribution in [0.25, 0.3) is 0 Å². The van der Waals surface area contributed by atoms with Crippen molar-refractivity contribution in [3.63, 3.8) is 0 Å². The van der Waals surface area contributed by atoms with E-state index in [1.807, 2.05) is 41.2 Å². The Labute approximate surface area is 118 Å². The van der Waals surface area contributed by atoms with Crippen molar-refractivity contribution in [1.82, 2.24) is 9.78 Å². The lowest BCUT2D eigenvalue weighted by Crippen LogP contribution is -2.17. The Morgan fingerprint density at radius 2 is 2.20 bits per heavy atom. The highest BCUT2D eigenvalue weighted by atomic mass is 16.1. The standard InChI is InChI=1S/C16H19N3O/c1-11(2)19-8-7-12(18-19)9-16(20)14-10-17-15-6-4-3-5-13(14)15/h3-8,11,14,17H,9-10H2,1-2H3. The van der Waals surface area contributed by atoms with Gasteiger partial charge in [-0.1, -0.05) is 18.2 Å². The van der Waals surface area contributed by atoms with E-state index in [1.165, 1.54) is 0 Å². The van der Waals surface area contributed by atoms with Crippen LogP contribution in [0.15, 0.2) is 36.5 Å². The first-order valence-electron chi connectivity index (χ1n) is 7.04. The van der Waals surface area contributed by atoms with E-state index in [9.17, 15) is 4.79 Å². The molecule has 0 fully saturated rings. The maximum absolute atomic E-state index is 12.5. The monoisotopic (exact) mass is 269 g/mol. The molecule has 2 heterocycles. The molecule has 3 rings (SSSR count). The van der Waals surface area contributed by atoms with Crippen LogP contribution in [0.3, 0.4) is 0 Å². The van der Waals surface area contributed by atoms with Gasteiger partial charge in [0, 0.05) is 24.5 Å². The maximum atomic E-state index is 12.5. The molecule has 1 aromatic carbocycles. The molecule has 0 spiro atoms. The van der Waals surface area contributed by atoms with Crippen LogP contribution in [-0.2, 0) is 11.2 Å². The van der Waals surface area contributed by atoms with E-state index < -0.39 is 0 Å². The highest BCUT2D eigenvalue weighted by molar-refractivity contribution is 5.91. The third kappa shape index (κ3) is 2.33. The van der Waals surface area contributed by atoms with Crippen LogP contribution in [0.1, 0.15) is 37.1 Å². The van der Waals surface area contributed by atoms with Gasteiger partial charge in [0.2, 0.25) is 0 Å². The van der Waals surface area contributed by atoms with Gasteiger partial charge in [-0.15, -0.1) is 0 Å². The molecule has 0 radical (unpaired) electrons. The van der Waals surface area contributed by atoms with Gasteiger partial charge in [-0.2, -0.15) is 5.10 Å². The summed E-state index contributed by atoms with van der Waals surface area (Å²) in [6, 6.07) is 10.3. The average molecular weight is 269 g/mol. The zero-order valence-electron chi connectivity index (χ0n) is 11.8. The second-order valence-corrected chi connectivity index (χ2v) is 5.54. The quantitative estimate of drug-likeness (QED) is 0.928. The minimum absolute atomic E-state index is 0.0459. The van der Waals surface area contributed by atoms with Crippen molar-refractivity contribution in [2.45, 2.75) is 32.2 Å². The van der Waals surface area contributed by atoms with E-state index in [-0.39, 0.29) is 11.7 Å². The van der Waals surface area contributed by atoms with Crippen LogP contribution >= 0.6 is 0 Å². The van der Waals surface area contributed by atoms with E-state index in [4.69, 9.17) is 0 Å². The van der Waals surface area contributed by atoms with Gasteiger partial charge in [-0.25, -0.2) is 0 Å². The highest BCUT2D eigenvalue weighted by Crippen LogP contribution is 2.32. The number of nitrogens with zero attached hydrogens (tertiary/aromatic N) is 2. The van der Waals surface area contributed by atoms with E-state index >= 15 is 0 Å². The number of carbonyl (C=O) groups is 1. The zero-order valence-corrected chi connectivity index (χ0v) is 11.8. The molecule has 4 nitrogen and oxygen atoms in total. The molecular weight excluding hydrogens is 250 g/mol. The number of anilines is 1. The van der Waals surface area contributed by atoms with Gasteiger partial charge in [0.1, 0.15) is 5.78 Å². The molecule has 1 aliphatic heterocycles. The van der Waals surface area contributed by atoms with Crippen molar-refractivity contribution < 1.29 is 4.79 Å². The maximum Gasteiger partial charge on any atom is 0.148 e. The summed E-state index contributed by atoms with van der Waals surface area (Å²) in [7, 11) is 0. The van der Waals surface area contributed by atoms with Crippen molar-refractivity contribution in [2.75, 3.05) is 11.9 Å². The van der Waals surface area contributed by atoms with E-state index in [0.29, 0.717) is 19.0 Å². The van der Waals surface area contributed by atoms with Crippen LogP contribution in [-0.4, -0.2) is 22.1 Å². The Bertz CT molecular complexity index is 630. The largest absolute Gasteiger partial charge is 0.384 e. The molecule has 2 aromatic rings.